The molecule has 1 aromatic carbocycles. The minimum absolute atomic E-state index is 0.0253. The van der Waals surface area contributed by atoms with Gasteiger partial charge in [0.15, 0.2) is 0 Å². The van der Waals surface area contributed by atoms with Crippen LogP contribution in [0.25, 0.3) is 0 Å². The second kappa shape index (κ2) is 5.40. The Balaban J connectivity index is 1.99. The molecule has 4 heteroatoms. The minimum atomic E-state index is -0.0253. The van der Waals surface area contributed by atoms with Gasteiger partial charge in [0.2, 0.25) is 0 Å². The van der Waals surface area contributed by atoms with Crippen LogP contribution in [0.15, 0.2) is 24.3 Å². The number of rotatable bonds is 5. The lowest BCUT2D eigenvalue weighted by Gasteiger charge is -2.17. The van der Waals surface area contributed by atoms with Gasteiger partial charge in [-0.15, -0.1) is 0 Å². The van der Waals surface area contributed by atoms with E-state index in [-0.39, 0.29) is 11.9 Å². The number of amides is 1. The Morgan fingerprint density at radius 2 is 2.00 bits per heavy atom. The summed E-state index contributed by atoms with van der Waals surface area (Å²) in [6, 6.07) is 7.73. The van der Waals surface area contributed by atoms with Crippen LogP contribution < -0.4 is 16.0 Å². The number of benzene rings is 1. The van der Waals surface area contributed by atoms with Crippen LogP contribution in [-0.4, -0.2) is 32.6 Å². The highest BCUT2D eigenvalue weighted by molar-refractivity contribution is 5.94. The molecule has 1 saturated carbocycles. The van der Waals surface area contributed by atoms with Crippen LogP contribution >= 0.6 is 0 Å². The molecule has 0 heterocycles. The smallest absolute Gasteiger partial charge is 0.251 e. The number of nitrogens with two attached hydrogens (primary N) is 1. The second-order valence-electron chi connectivity index (χ2n) is 5.09. The molecule has 3 N–H and O–H groups in total. The van der Waals surface area contributed by atoms with E-state index in [1.807, 2.05) is 43.3 Å². The number of nitrogens with zero attached hydrogens (tertiary/aromatic N) is 1. The van der Waals surface area contributed by atoms with Crippen LogP contribution in [-0.2, 0) is 0 Å². The molecule has 1 aromatic rings. The first kappa shape index (κ1) is 12.9. The van der Waals surface area contributed by atoms with Crippen LogP contribution in [0.1, 0.15) is 23.2 Å². The van der Waals surface area contributed by atoms with E-state index >= 15 is 0 Å². The topological polar surface area (TPSA) is 58.4 Å². The summed E-state index contributed by atoms with van der Waals surface area (Å²) in [4.78, 5) is 14.1. The van der Waals surface area contributed by atoms with Crippen molar-refractivity contribution in [1.29, 1.82) is 0 Å². The molecule has 0 radical (unpaired) electrons. The summed E-state index contributed by atoms with van der Waals surface area (Å²) in [7, 11) is 3.96. The van der Waals surface area contributed by atoms with E-state index in [1.54, 1.807) is 0 Å². The average Bonchev–Trinajstić information content (AvgIpc) is 3.20. The monoisotopic (exact) mass is 247 g/mol. The fourth-order valence-electron chi connectivity index (χ4n) is 2.03. The maximum atomic E-state index is 12.0. The number of carbonyl (C=O) groups excluding carboxylic acids is 1. The Bertz CT molecular complexity index is 410. The molecular formula is C14H21N3O. The van der Waals surface area contributed by atoms with Gasteiger partial charge in [-0.05, 0) is 43.0 Å². The quantitative estimate of drug-likeness (QED) is 0.822. The van der Waals surface area contributed by atoms with E-state index in [0.29, 0.717) is 18.0 Å². The first-order valence-corrected chi connectivity index (χ1v) is 6.40. The third kappa shape index (κ3) is 3.01. The fourth-order valence-corrected chi connectivity index (χ4v) is 2.03. The average molecular weight is 247 g/mol. The summed E-state index contributed by atoms with van der Waals surface area (Å²) in [6.45, 7) is 0.520. The number of nitrogens with one attached hydrogen (secondary N) is 1. The van der Waals surface area contributed by atoms with Crippen molar-refractivity contribution in [3.63, 3.8) is 0 Å². The maximum Gasteiger partial charge on any atom is 0.251 e. The van der Waals surface area contributed by atoms with E-state index in [1.165, 1.54) is 12.8 Å². The van der Waals surface area contributed by atoms with Gasteiger partial charge in [-0.3, -0.25) is 4.79 Å². The lowest BCUT2D eigenvalue weighted by molar-refractivity contribution is 0.0933. The van der Waals surface area contributed by atoms with Crippen molar-refractivity contribution in [3.05, 3.63) is 29.8 Å². The molecule has 0 bridgehead atoms. The highest BCUT2D eigenvalue weighted by atomic mass is 16.1. The Morgan fingerprint density at radius 3 is 2.44 bits per heavy atom. The zero-order valence-corrected chi connectivity index (χ0v) is 11.0. The Kier molecular flexibility index (Phi) is 3.87. The molecule has 1 atom stereocenters. The van der Waals surface area contributed by atoms with Crippen molar-refractivity contribution >= 4 is 11.6 Å². The lowest BCUT2D eigenvalue weighted by Crippen LogP contribution is -2.41. The predicted octanol–water partition coefficient (Wildman–Crippen LogP) is 1.22. The van der Waals surface area contributed by atoms with Crippen molar-refractivity contribution in [2.45, 2.75) is 18.9 Å². The number of hydrogen-bond acceptors (Lipinski definition) is 3. The lowest BCUT2D eigenvalue weighted by atomic mass is 10.1. The number of anilines is 1. The molecule has 1 amide bonds. The Morgan fingerprint density at radius 1 is 1.39 bits per heavy atom. The molecule has 1 fully saturated rings. The predicted molar refractivity (Wildman–Crippen MR) is 73.8 cm³/mol. The van der Waals surface area contributed by atoms with Gasteiger partial charge in [-0.1, -0.05) is 0 Å². The largest absolute Gasteiger partial charge is 0.378 e. The molecule has 0 saturated heterocycles. The van der Waals surface area contributed by atoms with Gasteiger partial charge in [0.1, 0.15) is 0 Å². The van der Waals surface area contributed by atoms with Gasteiger partial charge in [0.05, 0.1) is 0 Å². The fraction of sp³-hybridized carbons (Fsp3) is 0.500. The van der Waals surface area contributed by atoms with E-state index in [9.17, 15) is 4.79 Å². The summed E-state index contributed by atoms with van der Waals surface area (Å²) < 4.78 is 0. The first-order valence-electron chi connectivity index (χ1n) is 6.40. The normalized spacial score (nSPS) is 16.2. The van der Waals surface area contributed by atoms with E-state index in [2.05, 4.69) is 5.32 Å². The van der Waals surface area contributed by atoms with E-state index in [4.69, 9.17) is 5.73 Å². The number of hydrogen-bond donors (Lipinski definition) is 2. The van der Waals surface area contributed by atoms with Crippen molar-refractivity contribution in [1.82, 2.24) is 5.32 Å². The van der Waals surface area contributed by atoms with Crippen LogP contribution in [0, 0.1) is 5.92 Å². The standard InChI is InChI=1S/C14H21N3O/c1-17(2)12-7-5-11(6-8-12)14(18)16-13(9-15)10-3-4-10/h5-8,10,13H,3-4,9,15H2,1-2H3,(H,16,18). The van der Waals surface area contributed by atoms with Crippen molar-refractivity contribution in [2.75, 3.05) is 25.5 Å². The number of carbonyl (C=O) groups is 1. The molecule has 1 unspecified atom stereocenters. The van der Waals surface area contributed by atoms with Gasteiger partial charge >= 0.3 is 0 Å². The molecular weight excluding hydrogens is 226 g/mol. The van der Waals surface area contributed by atoms with Crippen LogP contribution in [0.3, 0.4) is 0 Å². The highest BCUT2D eigenvalue weighted by Gasteiger charge is 2.31. The maximum absolute atomic E-state index is 12.0. The van der Waals surface area contributed by atoms with Crippen LogP contribution in [0.4, 0.5) is 5.69 Å². The summed E-state index contributed by atoms with van der Waals surface area (Å²) >= 11 is 0. The molecule has 0 aliphatic heterocycles. The molecule has 0 aromatic heterocycles. The molecule has 2 rings (SSSR count). The van der Waals surface area contributed by atoms with Gasteiger partial charge in [0, 0.05) is 37.9 Å². The van der Waals surface area contributed by atoms with E-state index < -0.39 is 0 Å². The van der Waals surface area contributed by atoms with Crippen LogP contribution in [0.5, 0.6) is 0 Å². The summed E-state index contributed by atoms with van der Waals surface area (Å²) in [5.74, 6) is 0.558. The Hall–Kier alpha value is -1.55. The van der Waals surface area contributed by atoms with Gasteiger partial charge in [-0.2, -0.15) is 0 Å². The third-order valence-electron chi connectivity index (χ3n) is 3.41. The van der Waals surface area contributed by atoms with E-state index in [0.717, 1.165) is 5.69 Å². The minimum Gasteiger partial charge on any atom is -0.378 e. The molecule has 0 spiro atoms. The zero-order chi connectivity index (χ0) is 13.1. The highest BCUT2D eigenvalue weighted by Crippen LogP contribution is 2.32. The van der Waals surface area contributed by atoms with Crippen molar-refractivity contribution < 1.29 is 4.79 Å². The van der Waals surface area contributed by atoms with Gasteiger partial charge in [0.25, 0.3) is 5.91 Å². The summed E-state index contributed by atoms with van der Waals surface area (Å²) in [5, 5.41) is 3.02. The molecule has 1 aliphatic carbocycles. The van der Waals surface area contributed by atoms with Gasteiger partial charge in [-0.25, -0.2) is 0 Å². The summed E-state index contributed by atoms with van der Waals surface area (Å²) in [5.41, 5.74) is 7.46. The van der Waals surface area contributed by atoms with Crippen LogP contribution in [0.2, 0.25) is 0 Å². The molecule has 4 nitrogen and oxygen atoms in total. The third-order valence-corrected chi connectivity index (χ3v) is 3.41. The first-order chi connectivity index (χ1) is 8.61. The molecule has 18 heavy (non-hydrogen) atoms. The second-order valence-corrected chi connectivity index (χ2v) is 5.09. The van der Waals surface area contributed by atoms with Crippen molar-refractivity contribution in [3.8, 4) is 0 Å². The Labute approximate surface area is 108 Å². The van der Waals surface area contributed by atoms with Crippen molar-refractivity contribution in [2.24, 2.45) is 11.7 Å². The SMILES string of the molecule is CN(C)c1ccc(C(=O)NC(CN)C2CC2)cc1. The summed E-state index contributed by atoms with van der Waals surface area (Å²) in [6.07, 6.45) is 2.36. The zero-order valence-electron chi connectivity index (χ0n) is 11.0. The van der Waals surface area contributed by atoms with Gasteiger partial charge < -0.3 is 16.0 Å². The molecule has 1 aliphatic rings. The molecule has 98 valence electrons.